The first kappa shape index (κ1) is 26.6. The molecule has 1 aliphatic rings. The minimum Gasteiger partial charge on any atom is -0.349 e. The predicted octanol–water partition coefficient (Wildman–Crippen LogP) is -0.0489. The average molecular weight is 548 g/mol. The number of nitrogens with two attached hydrogens (primary N) is 1. The fourth-order valence-electron chi connectivity index (χ4n) is 2.85. The molecule has 2 aromatic heterocycles. The first-order chi connectivity index (χ1) is 15.7. The predicted molar refractivity (Wildman–Crippen MR) is 104 cm³/mol. The third kappa shape index (κ3) is 6.54. The van der Waals surface area contributed by atoms with Gasteiger partial charge in [-0.05, 0) is 10.6 Å². The van der Waals surface area contributed by atoms with Crippen LogP contribution >= 0.6 is 23.5 Å². The number of ether oxygens (including phenoxy) is 1. The van der Waals surface area contributed by atoms with Crippen LogP contribution in [0.15, 0.2) is 16.2 Å². The van der Waals surface area contributed by atoms with Crippen molar-refractivity contribution in [1.29, 1.82) is 0 Å². The lowest BCUT2D eigenvalue weighted by molar-refractivity contribution is -0.0600. The van der Waals surface area contributed by atoms with Crippen molar-refractivity contribution in [2.45, 2.75) is 24.9 Å². The van der Waals surface area contributed by atoms with E-state index in [4.69, 9.17) is 30.8 Å². The van der Waals surface area contributed by atoms with E-state index in [9.17, 15) is 28.3 Å². The zero-order chi connectivity index (χ0) is 25.3. The zero-order valence-electron chi connectivity index (χ0n) is 16.3. The Morgan fingerprint density at radius 3 is 2.62 bits per heavy atom. The molecule has 0 aliphatic carbocycles. The second-order valence-corrected chi connectivity index (χ2v) is 10.7. The molecule has 0 bridgehead atoms. The third-order valence-electron chi connectivity index (χ3n) is 4.04. The van der Waals surface area contributed by atoms with E-state index >= 15 is 0 Å². The van der Waals surface area contributed by atoms with Gasteiger partial charge in [0.25, 0.3) is 5.56 Å². The van der Waals surface area contributed by atoms with Gasteiger partial charge in [0, 0.05) is 11.3 Å². The molecule has 1 aliphatic heterocycles. The number of azide groups is 1. The van der Waals surface area contributed by atoms with Crippen molar-refractivity contribution >= 4 is 40.6 Å². The Morgan fingerprint density at radius 2 is 2.00 bits per heavy atom. The number of aromatic amines is 1. The fraction of sp³-hybridized carbons (Fsp3) is 0.500. The number of phosphoric ester groups is 1. The van der Waals surface area contributed by atoms with E-state index in [-0.39, 0.29) is 23.5 Å². The van der Waals surface area contributed by atoms with Crippen LogP contribution in [-0.4, -0.2) is 57.9 Å². The Morgan fingerprint density at radius 1 is 1.29 bits per heavy atom. The van der Waals surface area contributed by atoms with Crippen LogP contribution in [0.5, 0.6) is 0 Å². The van der Waals surface area contributed by atoms with Crippen molar-refractivity contribution in [3.63, 3.8) is 0 Å². The quantitative estimate of drug-likeness (QED) is 0.0745. The molecule has 0 amide bonds. The number of aromatic nitrogens is 4. The number of nitrogens with zero attached hydrogens (tertiary/aromatic N) is 6. The van der Waals surface area contributed by atoms with Gasteiger partial charge in [0.15, 0.2) is 17.1 Å². The second-order valence-electron chi connectivity index (χ2n) is 6.33. The highest BCUT2D eigenvalue weighted by atomic mass is 31.3. The number of nitrogens with one attached hydrogen (secondary N) is 1. The molecule has 3 heterocycles. The van der Waals surface area contributed by atoms with Crippen molar-refractivity contribution in [2.24, 2.45) is 11.0 Å². The Bertz CT molecular complexity index is 1320. The summed E-state index contributed by atoms with van der Waals surface area (Å²) < 4.78 is 52.6. The van der Waals surface area contributed by atoms with E-state index in [1.807, 2.05) is 0 Å². The molecule has 21 nitrogen and oxygen atoms in total. The average Bonchev–Trinajstić information content (AvgIpc) is 3.27. The summed E-state index contributed by atoms with van der Waals surface area (Å²) in [5.41, 5.74) is 7.67. The normalized spacial score (nSPS) is 24.4. The summed E-state index contributed by atoms with van der Waals surface area (Å²) in [6, 6.07) is 0. The lowest BCUT2D eigenvalue weighted by Gasteiger charge is -2.20. The summed E-state index contributed by atoms with van der Waals surface area (Å²) in [5, 5.41) is 3.21. The Balaban J connectivity index is 1.75. The number of hydrogen-bond acceptors (Lipinski definition) is 13. The van der Waals surface area contributed by atoms with Gasteiger partial charge in [0.05, 0.1) is 12.9 Å². The maximum atomic E-state index is 12.1. The maximum absolute atomic E-state index is 12.1. The van der Waals surface area contributed by atoms with Gasteiger partial charge in [-0.15, -0.1) is 0 Å². The maximum Gasteiger partial charge on any atom is 0.490 e. The van der Waals surface area contributed by atoms with Crippen molar-refractivity contribution in [2.75, 3.05) is 6.61 Å². The van der Waals surface area contributed by atoms with Crippen LogP contribution in [-0.2, 0) is 36.4 Å². The van der Waals surface area contributed by atoms with Gasteiger partial charge in [-0.25, -0.2) is 29.6 Å². The second kappa shape index (κ2) is 9.90. The fourth-order valence-corrected chi connectivity index (χ4v) is 5.88. The number of imidazole rings is 1. The number of phosphoric acid groups is 3. The summed E-state index contributed by atoms with van der Waals surface area (Å²) in [5.74, 6) is 4.86. The zero-order valence-corrected chi connectivity index (χ0v) is 19.0. The molecular formula is C10H15N8O13P3. The van der Waals surface area contributed by atoms with Gasteiger partial charge in [-0.2, -0.15) is 8.62 Å². The molecule has 2 unspecified atom stereocenters. The van der Waals surface area contributed by atoms with Crippen LogP contribution in [0, 0.1) is 0 Å². The first-order valence-electron chi connectivity index (χ1n) is 8.55. The molecule has 0 spiro atoms. The SMILES string of the molecule is [N-]=[N+]=Nc1nc2c(ncn2[C@H]2C[C@@H](ON)[C@@H](COP(=O)(O)OP(=O)(O)OP(=O)(O)O)O2)c(=O)[nH]1. The van der Waals surface area contributed by atoms with E-state index < -0.39 is 54.1 Å². The van der Waals surface area contributed by atoms with Crippen LogP contribution in [0.4, 0.5) is 5.95 Å². The van der Waals surface area contributed by atoms with Crippen molar-refractivity contribution in [1.82, 2.24) is 19.5 Å². The molecule has 188 valence electrons. The van der Waals surface area contributed by atoms with Crippen LogP contribution in [0.2, 0.25) is 0 Å². The molecule has 7 N–H and O–H groups in total. The Hall–Kier alpha value is -2.05. The molecular weight excluding hydrogens is 533 g/mol. The van der Waals surface area contributed by atoms with Gasteiger partial charge in [-0.3, -0.25) is 18.7 Å². The minimum absolute atomic E-state index is 0.0300. The lowest BCUT2D eigenvalue weighted by atomic mass is 10.2. The molecule has 0 saturated carbocycles. The van der Waals surface area contributed by atoms with E-state index in [1.165, 1.54) is 10.9 Å². The molecule has 1 saturated heterocycles. The van der Waals surface area contributed by atoms with Crippen LogP contribution < -0.4 is 11.5 Å². The van der Waals surface area contributed by atoms with Gasteiger partial charge in [-0.1, -0.05) is 0 Å². The Kier molecular flexibility index (Phi) is 7.73. The minimum atomic E-state index is -5.70. The summed E-state index contributed by atoms with van der Waals surface area (Å²) in [7, 11) is -16.7. The third-order valence-corrected chi connectivity index (χ3v) is 7.85. The molecule has 2 aromatic rings. The van der Waals surface area contributed by atoms with E-state index in [0.29, 0.717) is 0 Å². The highest BCUT2D eigenvalue weighted by molar-refractivity contribution is 7.66. The highest BCUT2D eigenvalue weighted by Gasteiger charge is 2.43. The monoisotopic (exact) mass is 548 g/mol. The number of fused-ring (bicyclic) bond motifs is 1. The Labute approximate surface area is 186 Å². The van der Waals surface area contributed by atoms with E-state index in [2.05, 4.69) is 38.1 Å². The molecule has 24 heteroatoms. The van der Waals surface area contributed by atoms with Crippen molar-refractivity contribution in [3.8, 4) is 0 Å². The topological polar surface area (TPSA) is 317 Å². The van der Waals surface area contributed by atoms with Gasteiger partial charge in [0.1, 0.15) is 18.4 Å². The smallest absolute Gasteiger partial charge is 0.349 e. The van der Waals surface area contributed by atoms with Gasteiger partial charge >= 0.3 is 23.5 Å². The molecule has 34 heavy (non-hydrogen) atoms. The summed E-state index contributed by atoms with van der Waals surface area (Å²) in [6.45, 7) is -0.827. The van der Waals surface area contributed by atoms with E-state index in [0.717, 1.165) is 0 Å². The summed E-state index contributed by atoms with van der Waals surface area (Å²) in [6.07, 6.45) is -2.02. The standard InChI is InChI=1S/C10H15N8O13P3/c11-17-16-10-14-8-7(9(19)15-10)13-3-18(8)6-1-4(29-12)5(28-6)2-27-33(23,24)31-34(25,26)30-32(20,21)22/h3-6H,1-2,12H2,(H,23,24)(H,25,26)(H,14,15,19)(H2,20,21,22)/t4-,5-,6-/m1/s1. The molecule has 1 fully saturated rings. The van der Waals surface area contributed by atoms with Crippen LogP contribution in [0.25, 0.3) is 21.6 Å². The summed E-state index contributed by atoms with van der Waals surface area (Å²) >= 11 is 0. The highest BCUT2D eigenvalue weighted by Crippen LogP contribution is 2.66. The van der Waals surface area contributed by atoms with Crippen molar-refractivity contribution in [3.05, 3.63) is 27.1 Å². The van der Waals surface area contributed by atoms with Gasteiger partial charge < -0.3 is 29.3 Å². The van der Waals surface area contributed by atoms with Crippen molar-refractivity contribution < 1.29 is 56.0 Å². The van der Waals surface area contributed by atoms with Gasteiger partial charge in [0.2, 0.25) is 0 Å². The first-order valence-corrected chi connectivity index (χ1v) is 13.1. The summed E-state index contributed by atoms with van der Waals surface area (Å²) in [4.78, 5) is 65.2. The van der Waals surface area contributed by atoms with Crippen LogP contribution in [0.1, 0.15) is 12.6 Å². The molecule has 0 radical (unpaired) electrons. The number of hydrogen-bond donors (Lipinski definition) is 6. The van der Waals surface area contributed by atoms with E-state index in [1.54, 1.807) is 0 Å². The van der Waals surface area contributed by atoms with Crippen LogP contribution in [0.3, 0.4) is 0 Å². The largest absolute Gasteiger partial charge is 0.490 e. The number of rotatable bonds is 10. The number of H-pyrrole nitrogens is 1. The molecule has 5 atom stereocenters. The molecule has 0 aromatic carbocycles. The lowest BCUT2D eigenvalue weighted by Crippen LogP contribution is -2.31. The molecule has 3 rings (SSSR count).